The van der Waals surface area contributed by atoms with Crippen LogP contribution in [0, 0.1) is 11.7 Å². The maximum absolute atomic E-state index is 13.4. The van der Waals surface area contributed by atoms with Crippen LogP contribution in [0.1, 0.15) is 27.2 Å². The van der Waals surface area contributed by atoms with Gasteiger partial charge in [-0.2, -0.15) is 0 Å². The van der Waals surface area contributed by atoms with E-state index < -0.39 is 5.82 Å². The van der Waals surface area contributed by atoms with Crippen LogP contribution in [0.25, 0.3) is 0 Å². The molecule has 0 radical (unpaired) electrons. The Morgan fingerprint density at radius 2 is 1.94 bits per heavy atom. The molecule has 96 valence electrons. The van der Waals surface area contributed by atoms with Crippen LogP contribution in [0.15, 0.2) is 12.1 Å². The largest absolute Gasteiger partial charge is 0.491 e. The highest BCUT2D eigenvalue weighted by Gasteiger charge is 2.10. The summed E-state index contributed by atoms with van der Waals surface area (Å²) in [6, 6.07) is 2.74. The van der Waals surface area contributed by atoms with Crippen molar-refractivity contribution in [2.45, 2.75) is 27.2 Å². The number of rotatable bonds is 6. The summed E-state index contributed by atoms with van der Waals surface area (Å²) in [6.07, 6.45) is 0.931. The van der Waals surface area contributed by atoms with E-state index in [2.05, 4.69) is 13.8 Å². The van der Waals surface area contributed by atoms with Gasteiger partial charge in [0.1, 0.15) is 5.75 Å². The van der Waals surface area contributed by atoms with E-state index in [0.717, 1.165) is 6.42 Å². The fourth-order valence-electron chi connectivity index (χ4n) is 1.35. The van der Waals surface area contributed by atoms with E-state index in [-0.39, 0.29) is 5.75 Å². The topological polar surface area (TPSA) is 44.5 Å². The van der Waals surface area contributed by atoms with Gasteiger partial charge < -0.3 is 15.2 Å². The predicted octanol–water partition coefficient (Wildman–Crippen LogP) is 3.23. The van der Waals surface area contributed by atoms with Crippen molar-refractivity contribution in [3.63, 3.8) is 0 Å². The highest BCUT2D eigenvalue weighted by Crippen LogP contribution is 2.30. The molecule has 0 saturated carbocycles. The molecule has 1 aromatic rings. The van der Waals surface area contributed by atoms with Crippen LogP contribution in [0.5, 0.6) is 11.5 Å². The Balaban J connectivity index is 2.73. The van der Waals surface area contributed by atoms with Crippen molar-refractivity contribution in [3.8, 4) is 11.5 Å². The minimum absolute atomic E-state index is 0.182. The van der Waals surface area contributed by atoms with E-state index in [0.29, 0.717) is 30.6 Å². The van der Waals surface area contributed by atoms with Crippen molar-refractivity contribution in [1.29, 1.82) is 0 Å². The summed E-state index contributed by atoms with van der Waals surface area (Å²) in [7, 11) is 0. The first-order valence-electron chi connectivity index (χ1n) is 5.89. The molecule has 0 atom stereocenters. The number of anilines is 1. The minimum atomic E-state index is -0.458. The molecule has 0 aliphatic rings. The summed E-state index contributed by atoms with van der Waals surface area (Å²) in [6.45, 7) is 7.01. The molecule has 17 heavy (non-hydrogen) atoms. The first-order valence-corrected chi connectivity index (χ1v) is 5.89. The second-order valence-electron chi connectivity index (χ2n) is 4.28. The highest BCUT2D eigenvalue weighted by molar-refractivity contribution is 5.56. The normalized spacial score (nSPS) is 10.6. The first kappa shape index (κ1) is 13.6. The number of halogens is 1. The second-order valence-corrected chi connectivity index (χ2v) is 4.28. The molecule has 1 rings (SSSR count). The lowest BCUT2D eigenvalue weighted by molar-refractivity contribution is 0.284. The SMILES string of the molecule is CCOc1cc(OCCC(C)C)c(N)cc1F. The van der Waals surface area contributed by atoms with Gasteiger partial charge in [0.25, 0.3) is 0 Å². The third-order valence-electron chi connectivity index (χ3n) is 2.32. The lowest BCUT2D eigenvalue weighted by atomic mass is 10.1. The molecule has 1 aromatic carbocycles. The van der Waals surface area contributed by atoms with E-state index >= 15 is 0 Å². The molecule has 0 heterocycles. The zero-order valence-corrected chi connectivity index (χ0v) is 10.6. The van der Waals surface area contributed by atoms with Gasteiger partial charge in [-0.3, -0.25) is 0 Å². The van der Waals surface area contributed by atoms with Gasteiger partial charge in [-0.1, -0.05) is 13.8 Å². The van der Waals surface area contributed by atoms with Crippen molar-refractivity contribution in [3.05, 3.63) is 17.9 Å². The van der Waals surface area contributed by atoms with E-state index in [4.69, 9.17) is 15.2 Å². The maximum atomic E-state index is 13.4. The molecule has 0 amide bonds. The standard InChI is InChI=1S/C13H20FNO2/c1-4-16-12-8-13(11(15)7-10(12)14)17-6-5-9(2)3/h7-9H,4-6,15H2,1-3H3. The minimum Gasteiger partial charge on any atom is -0.491 e. The quantitative estimate of drug-likeness (QED) is 0.778. The van der Waals surface area contributed by atoms with Gasteiger partial charge in [-0.15, -0.1) is 0 Å². The molecule has 2 N–H and O–H groups in total. The van der Waals surface area contributed by atoms with Crippen molar-refractivity contribution in [2.24, 2.45) is 5.92 Å². The molecule has 0 aliphatic carbocycles. The fourth-order valence-corrected chi connectivity index (χ4v) is 1.35. The van der Waals surface area contributed by atoms with Crippen LogP contribution in [0.4, 0.5) is 10.1 Å². The van der Waals surface area contributed by atoms with Crippen molar-refractivity contribution in [2.75, 3.05) is 18.9 Å². The number of nitrogen functional groups attached to an aromatic ring is 1. The van der Waals surface area contributed by atoms with Crippen LogP contribution >= 0.6 is 0 Å². The number of hydrogen-bond donors (Lipinski definition) is 1. The van der Waals surface area contributed by atoms with Gasteiger partial charge in [0.15, 0.2) is 11.6 Å². The zero-order valence-electron chi connectivity index (χ0n) is 10.6. The Morgan fingerprint density at radius 1 is 1.24 bits per heavy atom. The number of hydrogen-bond acceptors (Lipinski definition) is 3. The molecule has 0 unspecified atom stereocenters. The monoisotopic (exact) mass is 241 g/mol. The van der Waals surface area contributed by atoms with Crippen molar-refractivity contribution >= 4 is 5.69 Å². The second kappa shape index (κ2) is 6.33. The summed E-state index contributed by atoms with van der Waals surface area (Å²) in [5.41, 5.74) is 5.98. The Kier molecular flexibility index (Phi) is 5.07. The molecule has 4 heteroatoms. The molecule has 3 nitrogen and oxygen atoms in total. The van der Waals surface area contributed by atoms with E-state index in [1.807, 2.05) is 0 Å². The first-order chi connectivity index (χ1) is 8.04. The Hall–Kier alpha value is -1.45. The fraction of sp³-hybridized carbons (Fsp3) is 0.538. The average Bonchev–Trinajstić information content (AvgIpc) is 2.24. The maximum Gasteiger partial charge on any atom is 0.167 e. The van der Waals surface area contributed by atoms with Crippen LogP contribution in [-0.2, 0) is 0 Å². The lowest BCUT2D eigenvalue weighted by Gasteiger charge is -2.12. The summed E-state index contributed by atoms with van der Waals surface area (Å²) in [5, 5.41) is 0. The molecule has 0 aliphatic heterocycles. The summed E-state index contributed by atoms with van der Waals surface area (Å²) in [5.74, 6) is 0.764. The van der Waals surface area contributed by atoms with E-state index in [9.17, 15) is 4.39 Å². The average molecular weight is 241 g/mol. The molecule has 0 spiro atoms. The number of ether oxygens (including phenoxy) is 2. The molecule has 0 fully saturated rings. The third kappa shape index (κ3) is 4.13. The Morgan fingerprint density at radius 3 is 2.53 bits per heavy atom. The van der Waals surface area contributed by atoms with Gasteiger partial charge in [0.2, 0.25) is 0 Å². The number of nitrogens with two attached hydrogens (primary N) is 1. The van der Waals surface area contributed by atoms with Gasteiger partial charge in [-0.05, 0) is 19.3 Å². The van der Waals surface area contributed by atoms with Crippen LogP contribution < -0.4 is 15.2 Å². The van der Waals surface area contributed by atoms with E-state index in [1.54, 1.807) is 6.92 Å². The molecule has 0 bridgehead atoms. The van der Waals surface area contributed by atoms with Gasteiger partial charge in [0, 0.05) is 12.1 Å². The highest BCUT2D eigenvalue weighted by atomic mass is 19.1. The Bertz CT molecular complexity index is 367. The van der Waals surface area contributed by atoms with Crippen LogP contribution in [0.2, 0.25) is 0 Å². The van der Waals surface area contributed by atoms with Gasteiger partial charge in [-0.25, -0.2) is 4.39 Å². The summed E-state index contributed by atoms with van der Waals surface area (Å²) >= 11 is 0. The van der Waals surface area contributed by atoms with Crippen LogP contribution in [-0.4, -0.2) is 13.2 Å². The van der Waals surface area contributed by atoms with Crippen molar-refractivity contribution < 1.29 is 13.9 Å². The summed E-state index contributed by atoms with van der Waals surface area (Å²) in [4.78, 5) is 0. The molecule has 0 aromatic heterocycles. The summed E-state index contributed by atoms with van der Waals surface area (Å²) < 4.78 is 24.1. The molecular weight excluding hydrogens is 221 g/mol. The smallest absolute Gasteiger partial charge is 0.167 e. The third-order valence-corrected chi connectivity index (χ3v) is 2.32. The van der Waals surface area contributed by atoms with Gasteiger partial charge in [0.05, 0.1) is 18.9 Å². The number of benzene rings is 1. The molecular formula is C13H20FNO2. The Labute approximate surface area is 102 Å². The predicted molar refractivity (Wildman–Crippen MR) is 66.9 cm³/mol. The molecule has 0 saturated heterocycles. The zero-order chi connectivity index (χ0) is 12.8. The van der Waals surface area contributed by atoms with Crippen LogP contribution in [0.3, 0.4) is 0 Å². The lowest BCUT2D eigenvalue weighted by Crippen LogP contribution is -2.05. The van der Waals surface area contributed by atoms with Gasteiger partial charge >= 0.3 is 0 Å². The van der Waals surface area contributed by atoms with E-state index in [1.165, 1.54) is 12.1 Å². The van der Waals surface area contributed by atoms with Crippen molar-refractivity contribution in [1.82, 2.24) is 0 Å².